The first-order valence-electron chi connectivity index (χ1n) is 34.7. The van der Waals surface area contributed by atoms with Crippen LogP contribution in [-0.2, 0) is 66.6 Å². The van der Waals surface area contributed by atoms with Crippen LogP contribution in [0, 0.1) is 23.2 Å². The van der Waals surface area contributed by atoms with Crippen molar-refractivity contribution in [2.24, 2.45) is 23.2 Å². The zero-order chi connectivity index (χ0) is 63.0. The first kappa shape index (κ1) is 80.0. The molecule has 1 saturated heterocycles. The average molecular weight is 1220 g/mol. The number of likely N-dealkylation sites (tertiary alicyclic amines) is 1. The lowest BCUT2D eigenvalue weighted by molar-refractivity contribution is -0.170. The van der Waals surface area contributed by atoms with Crippen LogP contribution in [0.25, 0.3) is 0 Å². The van der Waals surface area contributed by atoms with E-state index in [4.69, 9.17) is 42.6 Å². The van der Waals surface area contributed by atoms with E-state index < -0.39 is 62.2 Å². The van der Waals surface area contributed by atoms with Crippen molar-refractivity contribution < 1.29 is 71.4 Å². The summed E-state index contributed by atoms with van der Waals surface area (Å²) in [6.45, 7) is 17.6. The van der Waals surface area contributed by atoms with Crippen molar-refractivity contribution in [3.8, 4) is 0 Å². The van der Waals surface area contributed by atoms with E-state index in [0.29, 0.717) is 51.7 Å². The average Bonchev–Trinajstić information content (AvgIpc) is 3.53. The maximum absolute atomic E-state index is 13.8. The van der Waals surface area contributed by atoms with E-state index in [0.717, 1.165) is 187 Å². The first-order valence-corrected chi connectivity index (χ1v) is 34.7. The fourth-order valence-corrected chi connectivity index (χ4v) is 10.3. The van der Waals surface area contributed by atoms with Gasteiger partial charge in [0.25, 0.3) is 0 Å². The molecule has 16 nitrogen and oxygen atoms in total. The van der Waals surface area contributed by atoms with Crippen molar-refractivity contribution in [3.05, 3.63) is 24.3 Å². The Labute approximate surface area is 522 Å². The maximum Gasteiger partial charge on any atom is 0.508 e. The van der Waals surface area contributed by atoms with E-state index >= 15 is 0 Å². The predicted molar refractivity (Wildman–Crippen MR) is 341 cm³/mol. The number of rotatable bonds is 58. The van der Waals surface area contributed by atoms with Crippen molar-refractivity contribution in [1.82, 2.24) is 4.90 Å². The molecule has 0 saturated carbocycles. The van der Waals surface area contributed by atoms with Gasteiger partial charge in [0.05, 0.1) is 38.1 Å². The zero-order valence-corrected chi connectivity index (χ0v) is 55.6. The highest BCUT2D eigenvalue weighted by atomic mass is 16.7. The second-order valence-electron chi connectivity index (χ2n) is 24.0. The Balaban J connectivity index is 3.25. The fourth-order valence-electron chi connectivity index (χ4n) is 10.3. The number of carbonyl (C=O) groups is 6. The number of hydrogen-bond acceptors (Lipinski definition) is 16. The number of carbonyl (C=O) groups excluding carboxylic acids is 6. The molecular formula is C70H125NO15. The van der Waals surface area contributed by atoms with Crippen molar-refractivity contribution in [1.29, 1.82) is 0 Å². The van der Waals surface area contributed by atoms with Crippen molar-refractivity contribution in [3.63, 3.8) is 0 Å². The van der Waals surface area contributed by atoms with E-state index in [-0.39, 0.29) is 75.2 Å². The van der Waals surface area contributed by atoms with Crippen LogP contribution >= 0.6 is 0 Å². The number of nitrogens with zero attached hydrogens (tertiary/aromatic N) is 1. The van der Waals surface area contributed by atoms with E-state index in [1.54, 1.807) is 0 Å². The Morgan fingerprint density at radius 3 is 1.35 bits per heavy atom. The second kappa shape index (κ2) is 56.2. The van der Waals surface area contributed by atoms with Gasteiger partial charge in [-0.25, -0.2) is 4.79 Å². The summed E-state index contributed by atoms with van der Waals surface area (Å²) in [4.78, 5) is 82.6. The second-order valence-corrected chi connectivity index (χ2v) is 24.0. The van der Waals surface area contributed by atoms with Crippen molar-refractivity contribution in [2.75, 3.05) is 79.1 Å². The standard InChI is InChI=1S/C70H125NO15/c1-8-15-21-25-27-35-50-78-66(79-51-36-28-26-22-16-9-2)48-47-65(74)85-58-70(59-86-69(77)82-55-60-40-39-49-71(14-7)54-60,56-83-63(72)45-33-29-37-52-80-67(75)61(41-19-12-5)43-31-23-17-10-3)57-84-64(73)46-34-30-38-53-81-68(76)62(42-20-13-6)44-32-24-18-11-4/h15-16,21-22,60-62,66H,8-14,17-20,23-59H2,1-7H3/b21-15-,22-16-. The molecule has 1 rings (SSSR count). The highest BCUT2D eigenvalue weighted by molar-refractivity contribution is 5.73. The Hall–Kier alpha value is -4.02. The van der Waals surface area contributed by atoms with Gasteiger partial charge < -0.3 is 47.5 Å². The van der Waals surface area contributed by atoms with Crippen LogP contribution in [0.3, 0.4) is 0 Å². The quantitative estimate of drug-likeness (QED) is 0.0184. The Morgan fingerprint density at radius 1 is 0.442 bits per heavy atom. The summed E-state index contributed by atoms with van der Waals surface area (Å²) in [6.07, 6.45) is 36.4. The highest BCUT2D eigenvalue weighted by Gasteiger charge is 2.39. The zero-order valence-electron chi connectivity index (χ0n) is 55.6. The van der Waals surface area contributed by atoms with E-state index in [1.165, 1.54) is 0 Å². The van der Waals surface area contributed by atoms with Crippen molar-refractivity contribution in [2.45, 2.75) is 286 Å². The molecule has 0 aromatic heterocycles. The van der Waals surface area contributed by atoms with Gasteiger partial charge in [-0.2, -0.15) is 0 Å². The van der Waals surface area contributed by atoms with Gasteiger partial charge in [0.2, 0.25) is 0 Å². The summed E-state index contributed by atoms with van der Waals surface area (Å²) in [7, 11) is 0. The molecule has 1 aliphatic heterocycles. The smallest absolute Gasteiger partial charge is 0.465 e. The number of ether oxygens (including phenoxy) is 9. The van der Waals surface area contributed by atoms with Crippen LogP contribution < -0.4 is 0 Å². The van der Waals surface area contributed by atoms with Gasteiger partial charge in [0, 0.05) is 44.9 Å². The number of allylic oxidation sites excluding steroid dienone is 4. The van der Waals surface area contributed by atoms with Gasteiger partial charge in [-0.05, 0) is 142 Å². The fraction of sp³-hybridized carbons (Fsp3) is 0.857. The van der Waals surface area contributed by atoms with Gasteiger partial charge in [-0.1, -0.05) is 150 Å². The minimum atomic E-state index is -1.51. The number of hydrogen-bond donors (Lipinski definition) is 0. The van der Waals surface area contributed by atoms with Gasteiger partial charge in [-0.15, -0.1) is 0 Å². The van der Waals surface area contributed by atoms with Crippen LogP contribution in [0.15, 0.2) is 24.3 Å². The molecule has 0 amide bonds. The molecule has 0 radical (unpaired) electrons. The first-order chi connectivity index (χ1) is 41.9. The van der Waals surface area contributed by atoms with E-state index in [2.05, 4.69) is 77.7 Å². The lowest BCUT2D eigenvalue weighted by atomic mass is 9.92. The maximum atomic E-state index is 13.8. The molecule has 0 aromatic carbocycles. The minimum absolute atomic E-state index is 0.0547. The molecular weight excluding hydrogens is 1090 g/mol. The lowest BCUT2D eigenvalue weighted by Gasteiger charge is -2.32. The van der Waals surface area contributed by atoms with Crippen LogP contribution in [0.2, 0.25) is 0 Å². The van der Waals surface area contributed by atoms with Crippen molar-refractivity contribution >= 4 is 36.0 Å². The van der Waals surface area contributed by atoms with E-state index in [1.807, 2.05) is 0 Å². The lowest BCUT2D eigenvalue weighted by Crippen LogP contribution is -2.44. The molecule has 16 heteroatoms. The monoisotopic (exact) mass is 1220 g/mol. The summed E-state index contributed by atoms with van der Waals surface area (Å²) in [5, 5.41) is 0. The SMILES string of the molecule is CC/C=C\CCCCOC(CCC(=O)OCC(COC(=O)CCCCCOC(=O)C(CCCC)CCCCCC)(COC(=O)CCCCCOC(=O)C(CCCC)CCCCCC)COC(=O)OCC1CCCN(CC)C1)OCCCC/C=C\CC. The van der Waals surface area contributed by atoms with Crippen LogP contribution in [0.4, 0.5) is 4.79 Å². The number of esters is 5. The molecule has 0 spiro atoms. The number of unbranched alkanes of at least 4 members (excludes halogenated alkanes) is 16. The molecule has 0 N–H and O–H groups in total. The third-order valence-corrected chi connectivity index (χ3v) is 16.0. The summed E-state index contributed by atoms with van der Waals surface area (Å²) >= 11 is 0. The van der Waals surface area contributed by atoms with Gasteiger partial charge in [0.15, 0.2) is 6.29 Å². The third-order valence-electron chi connectivity index (χ3n) is 16.0. The Kier molecular flexibility index (Phi) is 52.3. The summed E-state index contributed by atoms with van der Waals surface area (Å²) in [5.74, 6) is -1.99. The van der Waals surface area contributed by atoms with Crippen LogP contribution in [0.5, 0.6) is 0 Å². The molecule has 3 unspecified atom stereocenters. The number of piperidine rings is 1. The molecule has 500 valence electrons. The predicted octanol–water partition coefficient (Wildman–Crippen LogP) is 16.7. The Morgan fingerprint density at radius 2 is 0.884 bits per heavy atom. The molecule has 1 fully saturated rings. The topological polar surface area (TPSA) is 189 Å². The molecule has 1 aliphatic rings. The summed E-state index contributed by atoms with van der Waals surface area (Å²) in [6, 6.07) is 0. The summed E-state index contributed by atoms with van der Waals surface area (Å²) < 4.78 is 53.0. The molecule has 3 atom stereocenters. The van der Waals surface area contributed by atoms with Gasteiger partial charge in [0.1, 0.15) is 31.8 Å². The van der Waals surface area contributed by atoms with Gasteiger partial charge >= 0.3 is 36.0 Å². The van der Waals surface area contributed by atoms with E-state index in [9.17, 15) is 28.8 Å². The van der Waals surface area contributed by atoms with Crippen LogP contribution in [0.1, 0.15) is 280 Å². The molecule has 86 heavy (non-hydrogen) atoms. The molecule has 1 heterocycles. The highest BCUT2D eigenvalue weighted by Crippen LogP contribution is 2.26. The van der Waals surface area contributed by atoms with Crippen LogP contribution in [-0.4, -0.2) is 126 Å². The molecule has 0 aromatic rings. The summed E-state index contributed by atoms with van der Waals surface area (Å²) in [5.41, 5.74) is -1.51. The largest absolute Gasteiger partial charge is 0.508 e. The molecule has 0 bridgehead atoms. The molecule has 0 aliphatic carbocycles. The normalized spacial score (nSPS) is 15.1. The Bertz CT molecular complexity index is 1670. The minimum Gasteiger partial charge on any atom is -0.465 e. The third kappa shape index (κ3) is 44.4. The van der Waals surface area contributed by atoms with Gasteiger partial charge in [-0.3, -0.25) is 24.0 Å².